The van der Waals surface area contributed by atoms with E-state index in [4.69, 9.17) is 0 Å². The molecule has 19 heavy (non-hydrogen) atoms. The van der Waals surface area contributed by atoms with E-state index in [0.29, 0.717) is 0 Å². The summed E-state index contributed by atoms with van der Waals surface area (Å²) in [6.07, 6.45) is 1.84. The molecule has 0 fully saturated rings. The van der Waals surface area contributed by atoms with Gasteiger partial charge in [-0.25, -0.2) is 17.6 Å². The standard InChI is InChI=1S/C13H7BrF4S/c1-19-7-4-2-6(3-5-7)8-10(15)12(17)9(14)13(18)11(8)16/h2-5H,1H3. The molecule has 2 rings (SSSR count). The third-order valence-corrected chi connectivity index (χ3v) is 4.03. The molecule has 0 aliphatic rings. The summed E-state index contributed by atoms with van der Waals surface area (Å²) in [4.78, 5) is 0.877. The average molecular weight is 351 g/mol. The van der Waals surface area contributed by atoms with Gasteiger partial charge in [0, 0.05) is 4.90 Å². The molecular formula is C13H7BrF4S. The van der Waals surface area contributed by atoms with Gasteiger partial charge < -0.3 is 0 Å². The van der Waals surface area contributed by atoms with Crippen molar-refractivity contribution in [2.45, 2.75) is 4.90 Å². The highest BCUT2D eigenvalue weighted by Gasteiger charge is 2.24. The molecule has 0 saturated carbocycles. The fourth-order valence-corrected chi connectivity index (χ4v) is 2.37. The van der Waals surface area contributed by atoms with Crippen molar-refractivity contribution in [3.05, 3.63) is 52.0 Å². The van der Waals surface area contributed by atoms with E-state index >= 15 is 0 Å². The molecule has 0 bridgehead atoms. The van der Waals surface area contributed by atoms with Gasteiger partial charge in [0.15, 0.2) is 23.3 Å². The Hall–Kier alpha value is -1.01. The van der Waals surface area contributed by atoms with Crippen LogP contribution < -0.4 is 0 Å². The molecule has 0 aliphatic heterocycles. The van der Waals surface area contributed by atoms with Crippen molar-refractivity contribution in [3.63, 3.8) is 0 Å². The molecule has 0 saturated heterocycles. The summed E-state index contributed by atoms with van der Waals surface area (Å²) in [5.74, 6) is -5.71. The second-order valence-corrected chi connectivity index (χ2v) is 5.35. The third kappa shape index (κ3) is 2.51. The number of halogens is 5. The van der Waals surface area contributed by atoms with Gasteiger partial charge in [0.1, 0.15) is 0 Å². The van der Waals surface area contributed by atoms with E-state index in [9.17, 15) is 17.6 Å². The normalized spacial score (nSPS) is 10.8. The number of benzene rings is 2. The maximum atomic E-state index is 13.8. The Balaban J connectivity index is 2.67. The predicted octanol–water partition coefficient (Wildman–Crippen LogP) is 5.39. The minimum absolute atomic E-state index is 0.0816. The molecule has 0 N–H and O–H groups in total. The van der Waals surface area contributed by atoms with Crippen LogP contribution in [-0.2, 0) is 0 Å². The average Bonchev–Trinajstić information content (AvgIpc) is 2.44. The van der Waals surface area contributed by atoms with E-state index in [-0.39, 0.29) is 5.56 Å². The van der Waals surface area contributed by atoms with E-state index in [1.54, 1.807) is 12.1 Å². The maximum Gasteiger partial charge on any atom is 0.176 e. The number of hydrogen-bond donors (Lipinski definition) is 0. The lowest BCUT2D eigenvalue weighted by molar-refractivity contribution is 0.451. The Morgan fingerprint density at radius 2 is 1.32 bits per heavy atom. The van der Waals surface area contributed by atoms with Gasteiger partial charge in [-0.1, -0.05) is 12.1 Å². The molecule has 0 unspecified atom stereocenters. The quantitative estimate of drug-likeness (QED) is 0.302. The second kappa shape index (κ2) is 5.54. The van der Waals surface area contributed by atoms with E-state index < -0.39 is 33.3 Å². The van der Waals surface area contributed by atoms with Crippen molar-refractivity contribution in [2.24, 2.45) is 0 Å². The van der Waals surface area contributed by atoms with Gasteiger partial charge in [-0.3, -0.25) is 0 Å². The Kier molecular flexibility index (Phi) is 4.20. The summed E-state index contributed by atoms with van der Waals surface area (Å²) >= 11 is 3.92. The van der Waals surface area contributed by atoms with Crippen molar-refractivity contribution in [3.8, 4) is 11.1 Å². The van der Waals surface area contributed by atoms with E-state index in [1.807, 2.05) is 6.26 Å². The Labute approximate surface area is 120 Å². The maximum absolute atomic E-state index is 13.8. The number of rotatable bonds is 2. The Morgan fingerprint density at radius 1 is 0.842 bits per heavy atom. The third-order valence-electron chi connectivity index (χ3n) is 2.59. The molecule has 2 aromatic rings. The van der Waals surface area contributed by atoms with Crippen LogP contribution in [0.25, 0.3) is 11.1 Å². The molecule has 6 heteroatoms. The van der Waals surface area contributed by atoms with Crippen LogP contribution in [0, 0.1) is 23.3 Å². The SMILES string of the molecule is CSc1ccc(-c2c(F)c(F)c(Br)c(F)c2F)cc1. The molecule has 0 atom stereocenters. The summed E-state index contributed by atoms with van der Waals surface area (Å²) in [5.41, 5.74) is -0.621. The first-order valence-corrected chi connectivity index (χ1v) is 7.15. The minimum atomic E-state index is -1.44. The summed E-state index contributed by atoms with van der Waals surface area (Å²) in [6, 6.07) is 6.08. The van der Waals surface area contributed by atoms with Crippen molar-refractivity contribution in [1.29, 1.82) is 0 Å². The molecule has 0 aliphatic carbocycles. The van der Waals surface area contributed by atoms with Crippen LogP contribution in [-0.4, -0.2) is 6.26 Å². The lowest BCUT2D eigenvalue weighted by atomic mass is 10.0. The van der Waals surface area contributed by atoms with Gasteiger partial charge in [0.05, 0.1) is 10.0 Å². The molecule has 2 aromatic carbocycles. The van der Waals surface area contributed by atoms with Crippen LogP contribution in [0.2, 0.25) is 0 Å². The second-order valence-electron chi connectivity index (χ2n) is 3.67. The van der Waals surface area contributed by atoms with Gasteiger partial charge in [-0.2, -0.15) is 0 Å². The highest BCUT2D eigenvalue weighted by molar-refractivity contribution is 9.10. The molecule has 0 heterocycles. The molecule has 0 nitrogen and oxygen atoms in total. The number of thioether (sulfide) groups is 1. The van der Waals surface area contributed by atoms with E-state index in [2.05, 4.69) is 15.9 Å². The van der Waals surface area contributed by atoms with Crippen molar-refractivity contribution in [2.75, 3.05) is 6.26 Å². The van der Waals surface area contributed by atoms with Gasteiger partial charge >= 0.3 is 0 Å². The zero-order valence-electron chi connectivity index (χ0n) is 9.61. The Morgan fingerprint density at radius 3 is 1.74 bits per heavy atom. The molecular weight excluding hydrogens is 344 g/mol. The first-order valence-electron chi connectivity index (χ1n) is 5.13. The van der Waals surface area contributed by atoms with Crippen LogP contribution >= 0.6 is 27.7 Å². The lowest BCUT2D eigenvalue weighted by Crippen LogP contribution is -2.00. The molecule has 0 aromatic heterocycles. The van der Waals surface area contributed by atoms with Crippen LogP contribution in [0.5, 0.6) is 0 Å². The first-order chi connectivity index (χ1) is 8.97. The summed E-state index contributed by atoms with van der Waals surface area (Å²) in [6.45, 7) is 0. The van der Waals surface area contributed by atoms with Crippen molar-refractivity contribution in [1.82, 2.24) is 0 Å². The monoisotopic (exact) mass is 350 g/mol. The smallest absolute Gasteiger partial charge is 0.176 e. The number of hydrogen-bond acceptors (Lipinski definition) is 1. The molecule has 100 valence electrons. The van der Waals surface area contributed by atoms with E-state index in [1.165, 1.54) is 23.9 Å². The summed E-state index contributed by atoms with van der Waals surface area (Å²) in [5, 5.41) is 0. The van der Waals surface area contributed by atoms with Gasteiger partial charge in [-0.15, -0.1) is 11.8 Å². The lowest BCUT2D eigenvalue weighted by Gasteiger charge is -2.09. The minimum Gasteiger partial charge on any atom is -0.203 e. The molecule has 0 radical (unpaired) electrons. The Bertz CT molecular complexity index is 597. The predicted molar refractivity (Wildman–Crippen MR) is 71.2 cm³/mol. The van der Waals surface area contributed by atoms with Crippen LogP contribution in [0.4, 0.5) is 17.6 Å². The zero-order chi connectivity index (χ0) is 14.2. The van der Waals surface area contributed by atoms with Gasteiger partial charge in [0.25, 0.3) is 0 Å². The molecule has 0 spiro atoms. The van der Waals surface area contributed by atoms with Crippen molar-refractivity contribution >= 4 is 27.7 Å². The zero-order valence-corrected chi connectivity index (χ0v) is 12.0. The highest BCUT2D eigenvalue weighted by Crippen LogP contribution is 2.34. The van der Waals surface area contributed by atoms with Crippen molar-refractivity contribution < 1.29 is 17.6 Å². The van der Waals surface area contributed by atoms with Gasteiger partial charge in [0.2, 0.25) is 0 Å². The van der Waals surface area contributed by atoms with Crippen LogP contribution in [0.3, 0.4) is 0 Å². The summed E-state index contributed by atoms with van der Waals surface area (Å²) in [7, 11) is 0. The highest BCUT2D eigenvalue weighted by atomic mass is 79.9. The van der Waals surface area contributed by atoms with E-state index in [0.717, 1.165) is 4.90 Å². The van der Waals surface area contributed by atoms with Gasteiger partial charge in [-0.05, 0) is 39.9 Å². The topological polar surface area (TPSA) is 0 Å². The first kappa shape index (κ1) is 14.4. The van der Waals surface area contributed by atoms with Crippen LogP contribution in [0.1, 0.15) is 0 Å². The molecule has 0 amide bonds. The fraction of sp³-hybridized carbons (Fsp3) is 0.0769. The fourth-order valence-electron chi connectivity index (χ4n) is 1.62. The summed E-state index contributed by atoms with van der Waals surface area (Å²) < 4.78 is 53.5. The van der Waals surface area contributed by atoms with Crippen LogP contribution in [0.15, 0.2) is 33.6 Å². The largest absolute Gasteiger partial charge is 0.203 e.